The number of piperidine rings is 1. The van der Waals surface area contributed by atoms with Gasteiger partial charge in [0, 0.05) is 31.4 Å². The van der Waals surface area contributed by atoms with Crippen LogP contribution in [0.3, 0.4) is 0 Å². The van der Waals surface area contributed by atoms with Gasteiger partial charge in [-0.2, -0.15) is 0 Å². The molecule has 0 aromatic heterocycles. The Balaban J connectivity index is 1.68. The number of ether oxygens (including phenoxy) is 3. The maximum atomic E-state index is 13.3. The van der Waals surface area contributed by atoms with Gasteiger partial charge in [-0.3, -0.25) is 0 Å². The van der Waals surface area contributed by atoms with E-state index in [2.05, 4.69) is 17.1 Å². The van der Waals surface area contributed by atoms with Crippen molar-refractivity contribution in [2.24, 2.45) is 0 Å². The molecule has 0 aliphatic carbocycles. The summed E-state index contributed by atoms with van der Waals surface area (Å²) in [6.07, 6.45) is 4.76. The first-order chi connectivity index (χ1) is 16.5. The van der Waals surface area contributed by atoms with Gasteiger partial charge >= 0.3 is 6.03 Å². The molecular weight excluding hydrogens is 430 g/mol. The number of likely N-dealkylation sites (tertiary alicyclic amines) is 1. The molecular formula is C27H39N3O4. The van der Waals surface area contributed by atoms with Gasteiger partial charge in [-0.25, -0.2) is 4.79 Å². The topological polar surface area (TPSA) is 63.3 Å². The van der Waals surface area contributed by atoms with E-state index in [1.54, 1.807) is 14.2 Å². The van der Waals surface area contributed by atoms with E-state index in [1.807, 2.05) is 54.3 Å². The van der Waals surface area contributed by atoms with E-state index in [1.165, 1.54) is 19.3 Å². The molecule has 1 atom stereocenters. The molecule has 1 fully saturated rings. The largest absolute Gasteiger partial charge is 0.494 e. The van der Waals surface area contributed by atoms with E-state index in [-0.39, 0.29) is 6.03 Å². The minimum Gasteiger partial charge on any atom is -0.494 e. The minimum atomic E-state index is -0.120. The molecule has 0 bridgehead atoms. The molecule has 2 amide bonds. The Labute approximate surface area is 204 Å². The lowest BCUT2D eigenvalue weighted by atomic mass is 10.0. The maximum absolute atomic E-state index is 13.3. The van der Waals surface area contributed by atoms with E-state index in [9.17, 15) is 4.79 Å². The first-order valence-corrected chi connectivity index (χ1v) is 12.3. The van der Waals surface area contributed by atoms with Gasteiger partial charge < -0.3 is 29.3 Å². The lowest BCUT2D eigenvalue weighted by Gasteiger charge is -2.34. The number of benzene rings is 2. The van der Waals surface area contributed by atoms with E-state index < -0.39 is 0 Å². The second-order valence-electron chi connectivity index (χ2n) is 8.73. The summed E-state index contributed by atoms with van der Waals surface area (Å²) in [5, 5.41) is 3.04. The second-order valence-corrected chi connectivity index (χ2v) is 8.73. The molecule has 1 unspecified atom stereocenters. The Morgan fingerprint density at radius 3 is 2.53 bits per heavy atom. The van der Waals surface area contributed by atoms with Crippen LogP contribution in [0.4, 0.5) is 10.5 Å². The van der Waals surface area contributed by atoms with E-state index in [0.717, 1.165) is 36.5 Å². The molecule has 1 aliphatic rings. The summed E-state index contributed by atoms with van der Waals surface area (Å²) in [5.41, 5.74) is 1.74. The van der Waals surface area contributed by atoms with Crippen LogP contribution >= 0.6 is 0 Å². The average Bonchev–Trinajstić information content (AvgIpc) is 2.85. The molecule has 1 aliphatic heterocycles. The summed E-state index contributed by atoms with van der Waals surface area (Å²) in [5.74, 6) is 2.13. The molecule has 7 heteroatoms. The van der Waals surface area contributed by atoms with E-state index in [0.29, 0.717) is 37.2 Å². The van der Waals surface area contributed by atoms with Crippen LogP contribution in [-0.2, 0) is 6.54 Å². The number of nitrogens with one attached hydrogen (secondary N) is 1. The summed E-state index contributed by atoms with van der Waals surface area (Å²) >= 11 is 0. The summed E-state index contributed by atoms with van der Waals surface area (Å²) in [6, 6.07) is 13.8. The molecule has 1 heterocycles. The van der Waals surface area contributed by atoms with Crippen molar-refractivity contribution < 1.29 is 19.0 Å². The Bertz CT molecular complexity index is 903. The molecule has 1 saturated heterocycles. The van der Waals surface area contributed by atoms with Crippen LogP contribution < -0.4 is 19.5 Å². The fourth-order valence-electron chi connectivity index (χ4n) is 4.41. The zero-order chi connectivity index (χ0) is 24.3. The fraction of sp³-hybridized carbons (Fsp3) is 0.519. The summed E-state index contributed by atoms with van der Waals surface area (Å²) in [6.45, 7) is 8.17. The van der Waals surface area contributed by atoms with E-state index in [4.69, 9.17) is 14.2 Å². The van der Waals surface area contributed by atoms with Crippen LogP contribution in [0.15, 0.2) is 42.5 Å². The highest BCUT2D eigenvalue weighted by atomic mass is 16.5. The number of carbonyl (C=O) groups excluding carboxylic acids is 1. The quantitative estimate of drug-likeness (QED) is 0.477. The molecule has 2 aromatic carbocycles. The van der Waals surface area contributed by atoms with Crippen molar-refractivity contribution in [3.8, 4) is 17.2 Å². The first kappa shape index (κ1) is 25.7. The van der Waals surface area contributed by atoms with Gasteiger partial charge in [0.05, 0.1) is 20.8 Å². The zero-order valence-electron chi connectivity index (χ0n) is 21.0. The van der Waals surface area contributed by atoms with Crippen molar-refractivity contribution in [3.05, 3.63) is 48.0 Å². The van der Waals surface area contributed by atoms with Crippen molar-refractivity contribution in [1.29, 1.82) is 0 Å². The van der Waals surface area contributed by atoms with Gasteiger partial charge in [0.25, 0.3) is 0 Å². The smallest absolute Gasteiger partial charge is 0.322 e. The summed E-state index contributed by atoms with van der Waals surface area (Å²) < 4.78 is 16.3. The second kappa shape index (κ2) is 13.1. The number of hydrogen-bond acceptors (Lipinski definition) is 5. The third kappa shape index (κ3) is 7.29. The Hall–Kier alpha value is -2.93. The van der Waals surface area contributed by atoms with Crippen LogP contribution in [0.1, 0.15) is 45.1 Å². The van der Waals surface area contributed by atoms with Crippen molar-refractivity contribution in [2.75, 3.05) is 45.8 Å². The lowest BCUT2D eigenvalue weighted by molar-refractivity contribution is 0.150. The van der Waals surface area contributed by atoms with Crippen LogP contribution in [0.5, 0.6) is 17.2 Å². The number of nitrogens with zero attached hydrogens (tertiary/aromatic N) is 2. The molecule has 7 nitrogen and oxygen atoms in total. The summed E-state index contributed by atoms with van der Waals surface area (Å²) in [4.78, 5) is 17.7. The number of rotatable bonds is 11. The van der Waals surface area contributed by atoms with Gasteiger partial charge in [-0.1, -0.05) is 12.5 Å². The van der Waals surface area contributed by atoms with Gasteiger partial charge in [-0.05, 0) is 81.6 Å². The SMILES string of the molecule is CCOc1ccc(NC(=O)N(CCCN2CCCCC2C)Cc2ccc(OC)c(OC)c2)cc1. The highest BCUT2D eigenvalue weighted by Crippen LogP contribution is 2.28. The third-order valence-corrected chi connectivity index (χ3v) is 6.34. The van der Waals surface area contributed by atoms with Gasteiger partial charge in [0.15, 0.2) is 11.5 Å². The normalized spacial score (nSPS) is 16.1. The highest BCUT2D eigenvalue weighted by molar-refractivity contribution is 5.89. The monoisotopic (exact) mass is 469 g/mol. The highest BCUT2D eigenvalue weighted by Gasteiger charge is 2.20. The van der Waals surface area contributed by atoms with Gasteiger partial charge in [-0.15, -0.1) is 0 Å². The average molecular weight is 470 g/mol. The number of hydrogen-bond donors (Lipinski definition) is 1. The standard InChI is InChI=1S/C27H39N3O4/c1-5-34-24-13-11-23(12-14-24)28-27(31)30(18-8-17-29-16-7-6-9-21(29)2)20-22-10-15-25(32-3)26(19-22)33-4/h10-15,19,21H,5-9,16-18,20H2,1-4H3,(H,28,31). The zero-order valence-corrected chi connectivity index (χ0v) is 21.0. The first-order valence-electron chi connectivity index (χ1n) is 12.3. The number of methoxy groups -OCH3 is 2. The molecule has 0 saturated carbocycles. The number of carbonyl (C=O) groups is 1. The predicted octanol–water partition coefficient (Wildman–Crippen LogP) is 5.40. The Kier molecular flexibility index (Phi) is 9.89. The van der Waals surface area contributed by atoms with Crippen molar-refractivity contribution in [1.82, 2.24) is 9.80 Å². The number of amides is 2. The van der Waals surface area contributed by atoms with Crippen LogP contribution in [0.2, 0.25) is 0 Å². The van der Waals surface area contributed by atoms with Crippen LogP contribution in [0.25, 0.3) is 0 Å². The van der Waals surface area contributed by atoms with Crippen LogP contribution in [-0.4, -0.2) is 62.3 Å². The van der Waals surface area contributed by atoms with Crippen molar-refractivity contribution in [3.63, 3.8) is 0 Å². The van der Waals surface area contributed by atoms with Gasteiger partial charge in [0.2, 0.25) is 0 Å². The molecule has 1 N–H and O–H groups in total. The molecule has 2 aromatic rings. The van der Waals surface area contributed by atoms with Crippen molar-refractivity contribution >= 4 is 11.7 Å². The molecule has 0 spiro atoms. The van der Waals surface area contributed by atoms with Crippen molar-refractivity contribution in [2.45, 2.75) is 52.1 Å². The number of urea groups is 1. The predicted molar refractivity (Wildman–Crippen MR) is 136 cm³/mol. The molecule has 3 rings (SSSR count). The Morgan fingerprint density at radius 1 is 1.09 bits per heavy atom. The molecule has 0 radical (unpaired) electrons. The van der Waals surface area contributed by atoms with Gasteiger partial charge in [0.1, 0.15) is 5.75 Å². The fourth-order valence-corrected chi connectivity index (χ4v) is 4.41. The lowest BCUT2D eigenvalue weighted by Crippen LogP contribution is -2.40. The Morgan fingerprint density at radius 2 is 1.85 bits per heavy atom. The number of anilines is 1. The third-order valence-electron chi connectivity index (χ3n) is 6.34. The molecule has 186 valence electrons. The van der Waals surface area contributed by atoms with Crippen LogP contribution in [0, 0.1) is 0 Å². The minimum absolute atomic E-state index is 0.120. The summed E-state index contributed by atoms with van der Waals surface area (Å²) in [7, 11) is 3.24. The van der Waals surface area contributed by atoms with E-state index >= 15 is 0 Å². The maximum Gasteiger partial charge on any atom is 0.322 e. The molecule has 34 heavy (non-hydrogen) atoms.